The normalized spacial score (nSPS) is 32.8. The lowest BCUT2D eigenvalue weighted by Gasteiger charge is -2.56. The molecule has 4 saturated carbocycles. The van der Waals surface area contributed by atoms with Crippen molar-refractivity contribution in [3.63, 3.8) is 0 Å². The van der Waals surface area contributed by atoms with Gasteiger partial charge in [0.1, 0.15) is 0 Å². The van der Waals surface area contributed by atoms with Crippen molar-refractivity contribution in [2.45, 2.75) is 49.8 Å². The Balaban J connectivity index is 1.41. The molecule has 0 heterocycles. The predicted octanol–water partition coefficient (Wildman–Crippen LogP) is 3.48. The maximum absolute atomic E-state index is 12.6. The number of hydrogen-bond donors (Lipinski definition) is 1. The predicted molar refractivity (Wildman–Crippen MR) is 101 cm³/mol. The van der Waals surface area contributed by atoms with Crippen LogP contribution in [0.1, 0.15) is 44.9 Å². The van der Waals surface area contributed by atoms with Gasteiger partial charge in [-0.2, -0.15) is 0 Å². The Bertz CT molecular complexity index is 764. The Kier molecular flexibility index (Phi) is 4.39. The molecule has 1 aromatic rings. The number of carbonyl (C=O) groups is 1. The van der Waals surface area contributed by atoms with Crippen molar-refractivity contribution in [3.05, 3.63) is 24.3 Å². The molecule has 6 heteroatoms. The lowest BCUT2D eigenvalue weighted by atomic mass is 9.49. The Morgan fingerprint density at radius 1 is 1.04 bits per heavy atom. The van der Waals surface area contributed by atoms with Crippen molar-refractivity contribution in [1.82, 2.24) is 4.31 Å². The summed E-state index contributed by atoms with van der Waals surface area (Å²) in [5, 5.41) is 2.98. The van der Waals surface area contributed by atoms with E-state index in [1.54, 1.807) is 24.3 Å². The van der Waals surface area contributed by atoms with Crippen LogP contribution in [0.3, 0.4) is 0 Å². The average Bonchev–Trinajstić information content (AvgIpc) is 2.53. The van der Waals surface area contributed by atoms with Gasteiger partial charge in [-0.1, -0.05) is 0 Å². The summed E-state index contributed by atoms with van der Waals surface area (Å²) in [6.45, 7) is 0. The van der Waals surface area contributed by atoms with E-state index in [0.717, 1.165) is 17.8 Å². The molecule has 142 valence electrons. The number of hydrogen-bond acceptors (Lipinski definition) is 3. The molecular formula is C20H28N2O3S. The van der Waals surface area contributed by atoms with Gasteiger partial charge in [0.2, 0.25) is 15.9 Å². The second-order valence-electron chi connectivity index (χ2n) is 8.95. The van der Waals surface area contributed by atoms with E-state index in [2.05, 4.69) is 5.32 Å². The molecule has 4 aliphatic carbocycles. The van der Waals surface area contributed by atoms with E-state index in [9.17, 15) is 13.2 Å². The minimum absolute atomic E-state index is 0.0650. The van der Waals surface area contributed by atoms with Crippen LogP contribution in [0.4, 0.5) is 5.69 Å². The summed E-state index contributed by atoms with van der Waals surface area (Å²) in [6, 6.07) is 6.45. The highest BCUT2D eigenvalue weighted by atomic mass is 32.2. The first-order valence-electron chi connectivity index (χ1n) is 9.58. The molecule has 0 aliphatic heterocycles. The van der Waals surface area contributed by atoms with Crippen LogP contribution < -0.4 is 5.32 Å². The van der Waals surface area contributed by atoms with Gasteiger partial charge in [-0.15, -0.1) is 0 Å². The van der Waals surface area contributed by atoms with Crippen molar-refractivity contribution >= 4 is 21.6 Å². The van der Waals surface area contributed by atoms with Crippen molar-refractivity contribution in [1.29, 1.82) is 0 Å². The highest BCUT2D eigenvalue weighted by Crippen LogP contribution is 2.61. The van der Waals surface area contributed by atoms with E-state index in [1.165, 1.54) is 56.9 Å². The molecule has 26 heavy (non-hydrogen) atoms. The van der Waals surface area contributed by atoms with Crippen LogP contribution >= 0.6 is 0 Å². The molecule has 0 atom stereocenters. The molecule has 0 saturated heterocycles. The third-order valence-electron chi connectivity index (χ3n) is 6.62. The first kappa shape index (κ1) is 18.0. The van der Waals surface area contributed by atoms with Gasteiger partial charge in [-0.05, 0) is 86.0 Å². The summed E-state index contributed by atoms with van der Waals surface area (Å²) in [5.41, 5.74) is 0.880. The minimum Gasteiger partial charge on any atom is -0.326 e. The van der Waals surface area contributed by atoms with Gasteiger partial charge in [-0.3, -0.25) is 4.79 Å². The summed E-state index contributed by atoms with van der Waals surface area (Å²) in [4.78, 5) is 12.9. The number of sulfonamides is 1. The fourth-order valence-corrected chi connectivity index (χ4v) is 6.88. The van der Waals surface area contributed by atoms with E-state index in [0.29, 0.717) is 12.1 Å². The van der Waals surface area contributed by atoms with Crippen LogP contribution in [0.5, 0.6) is 0 Å². The molecular weight excluding hydrogens is 348 g/mol. The zero-order valence-electron chi connectivity index (χ0n) is 15.6. The van der Waals surface area contributed by atoms with Crippen molar-refractivity contribution in [3.8, 4) is 0 Å². The second-order valence-corrected chi connectivity index (χ2v) is 11.1. The number of carbonyl (C=O) groups excluding carboxylic acids is 1. The van der Waals surface area contributed by atoms with Crippen LogP contribution in [0, 0.1) is 23.2 Å². The molecule has 0 unspecified atom stereocenters. The fourth-order valence-electron chi connectivity index (χ4n) is 5.97. The summed E-state index contributed by atoms with van der Waals surface area (Å²) in [5.74, 6) is 2.58. The van der Waals surface area contributed by atoms with Crippen LogP contribution in [0.25, 0.3) is 0 Å². The number of nitrogens with one attached hydrogen (secondary N) is 1. The summed E-state index contributed by atoms with van der Waals surface area (Å²) < 4.78 is 25.4. The van der Waals surface area contributed by atoms with Crippen molar-refractivity contribution < 1.29 is 13.2 Å². The molecule has 4 aliphatic rings. The standard InChI is InChI=1S/C20H28N2O3S/c1-22(2)26(24,25)18-5-3-17(4-6-18)21-19(23)13-20-10-14-7-15(11-20)9-16(8-14)12-20/h3-6,14-16H,7-13H2,1-2H3,(H,21,23). The molecule has 1 amide bonds. The Hall–Kier alpha value is -1.40. The smallest absolute Gasteiger partial charge is 0.242 e. The second kappa shape index (κ2) is 6.34. The third-order valence-corrected chi connectivity index (χ3v) is 8.45. The molecule has 5 rings (SSSR count). The maximum Gasteiger partial charge on any atom is 0.242 e. The van der Waals surface area contributed by atoms with Gasteiger partial charge >= 0.3 is 0 Å². The van der Waals surface area contributed by atoms with E-state index >= 15 is 0 Å². The van der Waals surface area contributed by atoms with Gasteiger partial charge in [0.05, 0.1) is 4.90 Å². The number of nitrogens with zero attached hydrogens (tertiary/aromatic N) is 1. The summed E-state index contributed by atoms with van der Waals surface area (Å²) in [6.07, 6.45) is 8.38. The fraction of sp³-hybridized carbons (Fsp3) is 0.650. The molecule has 1 aromatic carbocycles. The Morgan fingerprint density at radius 3 is 2.00 bits per heavy atom. The van der Waals surface area contributed by atoms with Crippen LogP contribution in [-0.2, 0) is 14.8 Å². The Morgan fingerprint density at radius 2 is 1.54 bits per heavy atom. The van der Waals surface area contributed by atoms with Gasteiger partial charge in [0, 0.05) is 26.2 Å². The molecule has 0 aromatic heterocycles. The zero-order valence-corrected chi connectivity index (χ0v) is 16.4. The monoisotopic (exact) mass is 376 g/mol. The highest BCUT2D eigenvalue weighted by molar-refractivity contribution is 7.89. The van der Waals surface area contributed by atoms with Gasteiger partial charge in [0.15, 0.2) is 0 Å². The van der Waals surface area contributed by atoms with E-state index < -0.39 is 10.0 Å². The van der Waals surface area contributed by atoms with Gasteiger partial charge < -0.3 is 5.32 Å². The average molecular weight is 377 g/mol. The quantitative estimate of drug-likeness (QED) is 0.855. The molecule has 4 fully saturated rings. The molecule has 4 bridgehead atoms. The SMILES string of the molecule is CN(C)S(=O)(=O)c1ccc(NC(=O)CC23CC4CC(CC(C4)C2)C3)cc1. The van der Waals surface area contributed by atoms with Gasteiger partial charge in [0.25, 0.3) is 0 Å². The number of anilines is 1. The molecule has 0 radical (unpaired) electrons. The van der Waals surface area contributed by atoms with Gasteiger partial charge in [-0.25, -0.2) is 12.7 Å². The third kappa shape index (κ3) is 3.29. The lowest BCUT2D eigenvalue weighted by molar-refractivity contribution is -0.124. The Labute approximate surface area is 156 Å². The zero-order chi connectivity index (χ0) is 18.5. The van der Waals surface area contributed by atoms with Crippen LogP contribution in [0.15, 0.2) is 29.2 Å². The van der Waals surface area contributed by atoms with E-state index in [-0.39, 0.29) is 16.2 Å². The van der Waals surface area contributed by atoms with Crippen molar-refractivity contribution in [2.24, 2.45) is 23.2 Å². The highest BCUT2D eigenvalue weighted by Gasteiger charge is 2.51. The van der Waals surface area contributed by atoms with Crippen molar-refractivity contribution in [2.75, 3.05) is 19.4 Å². The molecule has 1 N–H and O–H groups in total. The maximum atomic E-state index is 12.6. The lowest BCUT2D eigenvalue weighted by Crippen LogP contribution is -2.47. The van der Waals surface area contributed by atoms with Crippen LogP contribution in [-0.4, -0.2) is 32.7 Å². The minimum atomic E-state index is -3.44. The largest absolute Gasteiger partial charge is 0.326 e. The topological polar surface area (TPSA) is 66.5 Å². The first-order valence-corrected chi connectivity index (χ1v) is 11.0. The van der Waals surface area contributed by atoms with E-state index in [1.807, 2.05) is 0 Å². The first-order chi connectivity index (χ1) is 12.3. The number of amides is 1. The molecule has 0 spiro atoms. The van der Waals surface area contributed by atoms with E-state index in [4.69, 9.17) is 0 Å². The molecule has 5 nitrogen and oxygen atoms in total. The summed E-state index contributed by atoms with van der Waals surface area (Å²) in [7, 11) is -0.417. The van der Waals surface area contributed by atoms with Crippen LogP contribution in [0.2, 0.25) is 0 Å². The number of benzene rings is 1. The number of rotatable bonds is 5. The summed E-state index contributed by atoms with van der Waals surface area (Å²) >= 11 is 0.